The van der Waals surface area contributed by atoms with Crippen molar-refractivity contribution >= 4 is 19.9 Å². The molecule has 1 fully saturated rings. The molecule has 1 unspecified atom stereocenters. The minimum Gasteiger partial charge on any atom is -0.403 e. The molecule has 1 saturated carbocycles. The van der Waals surface area contributed by atoms with Gasteiger partial charge in [0.1, 0.15) is 12.4 Å². The van der Waals surface area contributed by atoms with Crippen LogP contribution in [0.3, 0.4) is 0 Å². The fourth-order valence-electron chi connectivity index (χ4n) is 4.69. The third-order valence-corrected chi connectivity index (χ3v) is 7.39. The monoisotopic (exact) mass is 508 g/mol. The zero-order chi connectivity index (χ0) is 26.0. The summed E-state index contributed by atoms with van der Waals surface area (Å²) in [5.74, 6) is -1.14. The molecule has 0 heterocycles. The summed E-state index contributed by atoms with van der Waals surface area (Å²) in [6.07, 6.45) is 2.19. The lowest BCUT2D eigenvalue weighted by molar-refractivity contribution is -0.253. The molecule has 34 heavy (non-hydrogen) atoms. The average molecular weight is 509 g/mol. The molecule has 0 spiro atoms. The van der Waals surface area contributed by atoms with Crippen LogP contribution in [0.1, 0.15) is 77.6 Å². The van der Waals surface area contributed by atoms with Crippen molar-refractivity contribution in [2.24, 2.45) is 11.8 Å². The van der Waals surface area contributed by atoms with E-state index in [4.69, 9.17) is 9.53 Å². The largest absolute Gasteiger partial charge is 0.416 e. The molecule has 5 nitrogen and oxygen atoms in total. The quantitative estimate of drug-likeness (QED) is 0.158. The normalized spacial score (nSPS) is 23.6. The lowest BCUT2D eigenvalue weighted by Gasteiger charge is -2.40. The van der Waals surface area contributed by atoms with E-state index in [9.17, 15) is 27.9 Å². The van der Waals surface area contributed by atoms with Crippen molar-refractivity contribution < 1.29 is 37.4 Å². The summed E-state index contributed by atoms with van der Waals surface area (Å²) in [7, 11) is -2.50. The van der Waals surface area contributed by atoms with Gasteiger partial charge in [-0.05, 0) is 38.9 Å². The average Bonchev–Trinajstić information content (AvgIpc) is 2.99. The van der Waals surface area contributed by atoms with Gasteiger partial charge in [0.05, 0.1) is 6.10 Å². The standard InChI is InChI=1S/C25H43F3O5Si/c1-5-6-15-24(25(26,27)28,33-34(2,3)4)16-11-14-21-20(22(31)17-23(21)32)13-10-8-7-9-12-19(30)18-29/h11,14,20-21,23,29,32H,5-10,12-13,15-18H2,1-4H3/b14-11+/t20-,21-,23-,24?/m1/s1. The molecule has 0 radical (unpaired) electrons. The van der Waals surface area contributed by atoms with Crippen molar-refractivity contribution in [3.05, 3.63) is 12.2 Å². The highest BCUT2D eigenvalue weighted by Gasteiger charge is 2.56. The smallest absolute Gasteiger partial charge is 0.403 e. The zero-order valence-electron chi connectivity index (χ0n) is 21.1. The number of Topliss-reactive ketones (excluding diaryl/α,β-unsaturated/α-hetero) is 2. The van der Waals surface area contributed by atoms with Gasteiger partial charge in [0, 0.05) is 31.1 Å². The van der Waals surface area contributed by atoms with Crippen LogP contribution in [0.15, 0.2) is 12.2 Å². The molecule has 198 valence electrons. The molecule has 0 aromatic carbocycles. The first-order chi connectivity index (χ1) is 15.8. The van der Waals surface area contributed by atoms with Crippen LogP contribution < -0.4 is 0 Å². The Balaban J connectivity index is 2.84. The SMILES string of the molecule is CCCCC(C/C=C/[C@H]1[C@H](O)CC(=O)[C@@H]1CCCCCCC(=O)CO)(O[Si](C)(C)C)C(F)(F)F. The van der Waals surface area contributed by atoms with Gasteiger partial charge in [-0.3, -0.25) is 9.59 Å². The number of hydrogen-bond donors (Lipinski definition) is 2. The zero-order valence-corrected chi connectivity index (χ0v) is 22.1. The van der Waals surface area contributed by atoms with Gasteiger partial charge >= 0.3 is 6.18 Å². The first-order valence-electron chi connectivity index (χ1n) is 12.5. The van der Waals surface area contributed by atoms with E-state index in [1.165, 1.54) is 6.08 Å². The van der Waals surface area contributed by atoms with Crippen molar-refractivity contribution in [1.29, 1.82) is 0 Å². The number of aliphatic hydroxyl groups excluding tert-OH is 2. The molecule has 1 rings (SSSR count). The third kappa shape index (κ3) is 9.91. The maximum atomic E-state index is 14.2. The lowest BCUT2D eigenvalue weighted by Crippen LogP contribution is -2.53. The van der Waals surface area contributed by atoms with Gasteiger partial charge in [-0.15, -0.1) is 0 Å². The summed E-state index contributed by atoms with van der Waals surface area (Å²) >= 11 is 0. The Morgan fingerprint density at radius 3 is 2.35 bits per heavy atom. The fraction of sp³-hybridized carbons (Fsp3) is 0.840. The van der Waals surface area contributed by atoms with Gasteiger partial charge in [0.15, 0.2) is 19.7 Å². The van der Waals surface area contributed by atoms with Crippen LogP contribution in [-0.2, 0) is 14.0 Å². The molecule has 0 bridgehead atoms. The second kappa shape index (κ2) is 13.9. The second-order valence-electron chi connectivity index (χ2n) is 10.5. The summed E-state index contributed by atoms with van der Waals surface area (Å²) in [5.41, 5.74) is -2.25. The van der Waals surface area contributed by atoms with E-state index in [1.54, 1.807) is 25.7 Å². The number of ketones is 2. The van der Waals surface area contributed by atoms with Gasteiger partial charge in [-0.1, -0.05) is 51.2 Å². The minimum absolute atomic E-state index is 0.0241. The summed E-state index contributed by atoms with van der Waals surface area (Å²) in [5, 5.41) is 19.1. The number of aliphatic hydroxyl groups is 2. The number of halogens is 3. The number of alkyl halides is 3. The summed E-state index contributed by atoms with van der Waals surface area (Å²) in [4.78, 5) is 23.6. The van der Waals surface area contributed by atoms with Gasteiger partial charge in [-0.2, -0.15) is 13.2 Å². The maximum Gasteiger partial charge on any atom is 0.416 e. The van der Waals surface area contributed by atoms with Crippen LogP contribution in [0.25, 0.3) is 0 Å². The van der Waals surface area contributed by atoms with E-state index in [2.05, 4.69) is 0 Å². The van der Waals surface area contributed by atoms with E-state index < -0.39 is 44.6 Å². The number of unbranched alkanes of at least 4 members (excludes halogenated alkanes) is 4. The van der Waals surface area contributed by atoms with Gasteiger partial charge in [0.2, 0.25) is 0 Å². The van der Waals surface area contributed by atoms with Crippen molar-refractivity contribution in [2.75, 3.05) is 6.61 Å². The highest BCUT2D eigenvalue weighted by atomic mass is 28.4. The Bertz CT molecular complexity index is 674. The number of rotatable bonds is 16. The predicted molar refractivity (Wildman–Crippen MR) is 129 cm³/mol. The number of carbonyl (C=O) groups is 2. The summed E-state index contributed by atoms with van der Waals surface area (Å²) in [6, 6.07) is 0. The highest BCUT2D eigenvalue weighted by molar-refractivity contribution is 6.69. The highest BCUT2D eigenvalue weighted by Crippen LogP contribution is 2.43. The van der Waals surface area contributed by atoms with Crippen LogP contribution in [0, 0.1) is 11.8 Å². The van der Waals surface area contributed by atoms with E-state index in [1.807, 2.05) is 6.92 Å². The predicted octanol–water partition coefficient (Wildman–Crippen LogP) is 5.74. The molecule has 9 heteroatoms. The van der Waals surface area contributed by atoms with E-state index in [0.29, 0.717) is 32.1 Å². The van der Waals surface area contributed by atoms with Crippen molar-refractivity contribution in [2.45, 2.75) is 115 Å². The maximum absolute atomic E-state index is 14.2. The van der Waals surface area contributed by atoms with Crippen LogP contribution in [0.2, 0.25) is 19.6 Å². The van der Waals surface area contributed by atoms with Crippen LogP contribution in [-0.4, -0.2) is 54.6 Å². The number of carbonyl (C=O) groups excluding carboxylic acids is 2. The Kier molecular flexibility index (Phi) is 12.7. The van der Waals surface area contributed by atoms with Gasteiger partial charge < -0.3 is 14.6 Å². The summed E-state index contributed by atoms with van der Waals surface area (Å²) < 4.78 is 48.4. The summed E-state index contributed by atoms with van der Waals surface area (Å²) in [6.45, 7) is 6.65. The molecule has 0 saturated heterocycles. The topological polar surface area (TPSA) is 83.8 Å². The molecular weight excluding hydrogens is 465 g/mol. The Labute approximate surface area is 203 Å². The van der Waals surface area contributed by atoms with Crippen LogP contribution in [0.4, 0.5) is 13.2 Å². The Hall–Kier alpha value is -1.03. The third-order valence-electron chi connectivity index (χ3n) is 6.39. The molecule has 2 N–H and O–H groups in total. The fourth-order valence-corrected chi connectivity index (χ4v) is 6.16. The molecule has 4 atom stereocenters. The van der Waals surface area contributed by atoms with E-state index in [0.717, 1.165) is 19.3 Å². The molecular formula is C25H43F3O5Si. The van der Waals surface area contributed by atoms with Crippen LogP contribution >= 0.6 is 0 Å². The second-order valence-corrected chi connectivity index (χ2v) is 14.9. The lowest BCUT2D eigenvalue weighted by atomic mass is 9.87. The molecule has 0 aliphatic heterocycles. The minimum atomic E-state index is -4.52. The number of hydrogen-bond acceptors (Lipinski definition) is 5. The Morgan fingerprint density at radius 1 is 1.15 bits per heavy atom. The first kappa shape index (κ1) is 31.0. The van der Waals surface area contributed by atoms with Crippen LogP contribution in [0.5, 0.6) is 0 Å². The molecule has 1 aliphatic rings. The van der Waals surface area contributed by atoms with Gasteiger partial charge in [-0.25, -0.2) is 0 Å². The first-order valence-corrected chi connectivity index (χ1v) is 15.9. The van der Waals surface area contributed by atoms with Crippen molar-refractivity contribution in [3.63, 3.8) is 0 Å². The molecule has 1 aliphatic carbocycles. The van der Waals surface area contributed by atoms with Crippen molar-refractivity contribution in [1.82, 2.24) is 0 Å². The van der Waals surface area contributed by atoms with Gasteiger partial charge in [0.25, 0.3) is 0 Å². The molecule has 0 aromatic rings. The molecule has 0 amide bonds. The molecule has 0 aromatic heterocycles. The van der Waals surface area contributed by atoms with E-state index in [-0.39, 0.29) is 30.8 Å². The van der Waals surface area contributed by atoms with Crippen molar-refractivity contribution in [3.8, 4) is 0 Å². The Morgan fingerprint density at radius 2 is 1.79 bits per heavy atom. The van der Waals surface area contributed by atoms with E-state index >= 15 is 0 Å².